The summed E-state index contributed by atoms with van der Waals surface area (Å²) in [5.74, 6) is 0. The second-order valence-electron chi connectivity index (χ2n) is 3.17. The lowest BCUT2D eigenvalue weighted by Crippen LogP contribution is -2.35. The standard InChI is InChI=1S/C7H15NO.ClH/c1-7(5-8)3-2-4-9-6-7;/h2-6,8H2,1H3;1H. The van der Waals surface area contributed by atoms with Gasteiger partial charge in [-0.15, -0.1) is 12.4 Å². The first kappa shape index (κ1) is 10.2. The van der Waals surface area contributed by atoms with Crippen LogP contribution in [-0.2, 0) is 4.74 Å². The molecule has 3 heteroatoms. The molecule has 1 heterocycles. The first-order chi connectivity index (χ1) is 4.27. The Kier molecular flexibility index (Phi) is 4.25. The molecule has 1 fully saturated rings. The molecule has 1 aliphatic heterocycles. The summed E-state index contributed by atoms with van der Waals surface area (Å²) in [6, 6.07) is 0. The van der Waals surface area contributed by atoms with E-state index < -0.39 is 0 Å². The van der Waals surface area contributed by atoms with Gasteiger partial charge in [-0.1, -0.05) is 6.92 Å². The van der Waals surface area contributed by atoms with Gasteiger partial charge in [0.25, 0.3) is 0 Å². The zero-order chi connectivity index (χ0) is 6.74. The molecule has 0 bridgehead atoms. The predicted molar refractivity (Wildman–Crippen MR) is 44.5 cm³/mol. The van der Waals surface area contributed by atoms with E-state index in [0.29, 0.717) is 0 Å². The number of ether oxygens (including phenoxy) is 1. The van der Waals surface area contributed by atoms with Crippen LogP contribution in [0.5, 0.6) is 0 Å². The average molecular weight is 166 g/mol. The van der Waals surface area contributed by atoms with Crippen molar-refractivity contribution in [3.63, 3.8) is 0 Å². The molecular formula is C7H16ClNO. The molecule has 0 aromatic carbocycles. The lowest BCUT2D eigenvalue weighted by Gasteiger charge is -2.31. The van der Waals surface area contributed by atoms with Crippen LogP contribution in [0.1, 0.15) is 19.8 Å². The molecule has 0 aromatic rings. The highest BCUT2D eigenvalue weighted by Crippen LogP contribution is 2.25. The quantitative estimate of drug-likeness (QED) is 0.634. The number of rotatable bonds is 1. The van der Waals surface area contributed by atoms with Gasteiger partial charge in [-0.25, -0.2) is 0 Å². The summed E-state index contributed by atoms with van der Waals surface area (Å²) in [6.45, 7) is 4.72. The average Bonchev–Trinajstić information content (AvgIpc) is 1.90. The molecule has 0 amide bonds. The predicted octanol–water partition coefficient (Wildman–Crippen LogP) is 1.18. The van der Waals surface area contributed by atoms with E-state index in [4.69, 9.17) is 10.5 Å². The Labute approximate surface area is 68.5 Å². The molecule has 0 aliphatic carbocycles. The number of halogens is 1. The summed E-state index contributed by atoms with van der Waals surface area (Å²) < 4.78 is 5.30. The molecule has 1 rings (SSSR count). The fourth-order valence-electron chi connectivity index (χ4n) is 1.15. The van der Waals surface area contributed by atoms with Gasteiger partial charge >= 0.3 is 0 Å². The largest absolute Gasteiger partial charge is 0.381 e. The van der Waals surface area contributed by atoms with E-state index in [2.05, 4.69) is 6.92 Å². The third-order valence-corrected chi connectivity index (χ3v) is 2.01. The van der Waals surface area contributed by atoms with Crippen LogP contribution < -0.4 is 5.73 Å². The van der Waals surface area contributed by atoms with Crippen LogP contribution in [0, 0.1) is 5.41 Å². The number of hydrogen-bond acceptors (Lipinski definition) is 2. The van der Waals surface area contributed by atoms with Crippen molar-refractivity contribution in [1.82, 2.24) is 0 Å². The Morgan fingerprint density at radius 3 is 2.60 bits per heavy atom. The molecule has 0 radical (unpaired) electrons. The van der Waals surface area contributed by atoms with E-state index in [1.165, 1.54) is 12.8 Å². The highest BCUT2D eigenvalue weighted by molar-refractivity contribution is 5.85. The van der Waals surface area contributed by atoms with Gasteiger partial charge in [0.05, 0.1) is 6.61 Å². The van der Waals surface area contributed by atoms with Gasteiger partial charge in [-0.2, -0.15) is 0 Å². The van der Waals surface area contributed by atoms with Crippen molar-refractivity contribution < 1.29 is 4.74 Å². The third kappa shape index (κ3) is 2.45. The SMILES string of the molecule is CC1(CN)CCCOC1.Cl. The van der Waals surface area contributed by atoms with Gasteiger partial charge in [0, 0.05) is 12.0 Å². The maximum Gasteiger partial charge on any atom is 0.0531 e. The summed E-state index contributed by atoms with van der Waals surface area (Å²) in [5, 5.41) is 0. The fraction of sp³-hybridized carbons (Fsp3) is 1.00. The Morgan fingerprint density at radius 2 is 2.30 bits per heavy atom. The monoisotopic (exact) mass is 165 g/mol. The van der Waals surface area contributed by atoms with Gasteiger partial charge in [-0.3, -0.25) is 0 Å². The van der Waals surface area contributed by atoms with Crippen LogP contribution in [0.4, 0.5) is 0 Å². The van der Waals surface area contributed by atoms with E-state index in [-0.39, 0.29) is 17.8 Å². The molecular weight excluding hydrogens is 150 g/mol. The minimum absolute atomic E-state index is 0. The summed E-state index contributed by atoms with van der Waals surface area (Å²) >= 11 is 0. The highest BCUT2D eigenvalue weighted by Gasteiger charge is 2.25. The summed E-state index contributed by atoms with van der Waals surface area (Å²) in [4.78, 5) is 0. The minimum Gasteiger partial charge on any atom is -0.381 e. The first-order valence-electron chi connectivity index (χ1n) is 3.55. The second-order valence-corrected chi connectivity index (χ2v) is 3.17. The third-order valence-electron chi connectivity index (χ3n) is 2.01. The summed E-state index contributed by atoms with van der Waals surface area (Å²) in [5.41, 5.74) is 5.83. The zero-order valence-corrected chi connectivity index (χ0v) is 7.25. The lowest BCUT2D eigenvalue weighted by atomic mass is 9.85. The van der Waals surface area contributed by atoms with Crippen molar-refractivity contribution in [2.24, 2.45) is 11.1 Å². The Balaban J connectivity index is 0.000000810. The van der Waals surface area contributed by atoms with E-state index in [9.17, 15) is 0 Å². The van der Waals surface area contributed by atoms with E-state index in [1.807, 2.05) is 0 Å². The molecule has 2 N–H and O–H groups in total. The topological polar surface area (TPSA) is 35.2 Å². The summed E-state index contributed by atoms with van der Waals surface area (Å²) in [7, 11) is 0. The van der Waals surface area contributed by atoms with Gasteiger partial charge < -0.3 is 10.5 Å². The Hall–Kier alpha value is 0.210. The molecule has 0 aromatic heterocycles. The van der Waals surface area contributed by atoms with Crippen molar-refractivity contribution in [3.05, 3.63) is 0 Å². The molecule has 1 atom stereocenters. The molecule has 1 aliphatic rings. The minimum atomic E-state index is 0. The normalized spacial score (nSPS) is 33.0. The van der Waals surface area contributed by atoms with E-state index >= 15 is 0 Å². The highest BCUT2D eigenvalue weighted by atomic mass is 35.5. The van der Waals surface area contributed by atoms with E-state index in [1.54, 1.807) is 0 Å². The Morgan fingerprint density at radius 1 is 1.60 bits per heavy atom. The number of nitrogens with two attached hydrogens (primary N) is 1. The smallest absolute Gasteiger partial charge is 0.0531 e. The van der Waals surface area contributed by atoms with Gasteiger partial charge in [-0.05, 0) is 19.4 Å². The maximum atomic E-state index is 5.56. The van der Waals surface area contributed by atoms with Crippen LogP contribution in [0.25, 0.3) is 0 Å². The molecule has 0 saturated carbocycles. The van der Waals surface area contributed by atoms with Crippen molar-refractivity contribution in [2.45, 2.75) is 19.8 Å². The van der Waals surface area contributed by atoms with Crippen LogP contribution in [0.15, 0.2) is 0 Å². The van der Waals surface area contributed by atoms with Crippen molar-refractivity contribution in [2.75, 3.05) is 19.8 Å². The van der Waals surface area contributed by atoms with Gasteiger partial charge in [0.2, 0.25) is 0 Å². The molecule has 0 spiro atoms. The molecule has 1 unspecified atom stereocenters. The summed E-state index contributed by atoms with van der Waals surface area (Å²) in [6.07, 6.45) is 2.40. The zero-order valence-electron chi connectivity index (χ0n) is 6.43. The van der Waals surface area contributed by atoms with Crippen molar-refractivity contribution in [3.8, 4) is 0 Å². The number of hydrogen-bond donors (Lipinski definition) is 1. The van der Waals surface area contributed by atoms with Crippen LogP contribution in [-0.4, -0.2) is 19.8 Å². The van der Waals surface area contributed by atoms with Gasteiger partial charge in [0.1, 0.15) is 0 Å². The first-order valence-corrected chi connectivity index (χ1v) is 3.55. The van der Waals surface area contributed by atoms with Gasteiger partial charge in [0.15, 0.2) is 0 Å². The lowest BCUT2D eigenvalue weighted by molar-refractivity contribution is 0.00750. The molecule has 10 heavy (non-hydrogen) atoms. The van der Waals surface area contributed by atoms with Crippen LogP contribution >= 0.6 is 12.4 Å². The fourth-order valence-corrected chi connectivity index (χ4v) is 1.15. The van der Waals surface area contributed by atoms with Crippen molar-refractivity contribution in [1.29, 1.82) is 0 Å². The van der Waals surface area contributed by atoms with E-state index in [0.717, 1.165) is 19.8 Å². The Bertz CT molecular complexity index is 91.6. The molecule has 62 valence electrons. The van der Waals surface area contributed by atoms with Crippen molar-refractivity contribution >= 4 is 12.4 Å². The molecule has 2 nitrogen and oxygen atoms in total. The molecule has 1 saturated heterocycles. The maximum absolute atomic E-state index is 5.56. The van der Waals surface area contributed by atoms with Crippen LogP contribution in [0.2, 0.25) is 0 Å². The second kappa shape index (κ2) is 4.16. The van der Waals surface area contributed by atoms with Crippen LogP contribution in [0.3, 0.4) is 0 Å².